The predicted octanol–water partition coefficient (Wildman–Crippen LogP) is -0.412. The molecule has 0 bridgehead atoms. The number of halogens is 1. The molecular weight excluding hydrogens is 231 g/mol. The summed E-state index contributed by atoms with van der Waals surface area (Å²) in [6.07, 6.45) is 0.365. The number of rotatable bonds is 2. The van der Waals surface area contributed by atoms with Gasteiger partial charge in [-0.05, 0) is 13.0 Å². The molecular formula is C10H11FN2O4. The largest absolute Gasteiger partial charge is 0.393 e. The fourth-order valence-corrected chi connectivity index (χ4v) is 1.57. The summed E-state index contributed by atoms with van der Waals surface area (Å²) in [5.74, 6) is -0.631. The number of aliphatic hydroxyl groups is 1. The van der Waals surface area contributed by atoms with Crippen molar-refractivity contribution in [3.05, 3.63) is 44.5 Å². The number of aliphatic hydroxyl groups excluding tert-OH is 1. The summed E-state index contributed by atoms with van der Waals surface area (Å²) >= 11 is 0. The van der Waals surface area contributed by atoms with Crippen molar-refractivity contribution in [3.63, 3.8) is 0 Å². The van der Waals surface area contributed by atoms with E-state index in [2.05, 4.69) is 4.98 Å². The van der Waals surface area contributed by atoms with E-state index >= 15 is 0 Å². The summed E-state index contributed by atoms with van der Waals surface area (Å²) < 4.78 is 19.4. The first-order valence-corrected chi connectivity index (χ1v) is 4.98. The van der Waals surface area contributed by atoms with Crippen LogP contribution in [0.15, 0.2) is 27.7 Å². The van der Waals surface area contributed by atoms with Crippen molar-refractivity contribution in [2.75, 3.05) is 6.61 Å². The van der Waals surface area contributed by atoms with Gasteiger partial charge in [-0.25, -0.2) is 9.18 Å². The van der Waals surface area contributed by atoms with Gasteiger partial charge in [-0.15, -0.1) is 0 Å². The second-order valence-corrected chi connectivity index (χ2v) is 3.73. The molecule has 2 atom stereocenters. The normalized spacial score (nSPS) is 23.8. The van der Waals surface area contributed by atoms with E-state index in [1.54, 1.807) is 0 Å². The highest BCUT2D eigenvalue weighted by Gasteiger charge is 2.28. The minimum absolute atomic E-state index is 0.314. The van der Waals surface area contributed by atoms with Crippen LogP contribution < -0.4 is 11.2 Å². The van der Waals surface area contributed by atoms with Crippen molar-refractivity contribution >= 4 is 0 Å². The first-order valence-electron chi connectivity index (χ1n) is 4.98. The van der Waals surface area contributed by atoms with Crippen molar-refractivity contribution in [2.45, 2.75) is 19.3 Å². The molecule has 0 saturated heterocycles. The van der Waals surface area contributed by atoms with Crippen LogP contribution in [0.4, 0.5) is 4.39 Å². The van der Waals surface area contributed by atoms with Gasteiger partial charge in [-0.1, -0.05) is 0 Å². The van der Waals surface area contributed by atoms with Gasteiger partial charge < -0.3 is 9.84 Å². The molecule has 1 aromatic heterocycles. The predicted molar refractivity (Wildman–Crippen MR) is 56.2 cm³/mol. The van der Waals surface area contributed by atoms with Crippen LogP contribution in [0.2, 0.25) is 0 Å². The standard InChI is InChI=1S/C10H11FN2O4/c1-5-3-13(10(16)12-9(5)15)8-2-6(11)7(4-14)17-8/h2-3,7-8,14H,4H2,1H3,(H,12,15,16)/t7-,8-/m0/s1. The van der Waals surface area contributed by atoms with Crippen molar-refractivity contribution < 1.29 is 14.2 Å². The van der Waals surface area contributed by atoms with Crippen LogP contribution in [0.25, 0.3) is 0 Å². The summed E-state index contributed by atoms with van der Waals surface area (Å²) in [6.45, 7) is 1.02. The summed E-state index contributed by atoms with van der Waals surface area (Å²) in [6, 6.07) is 0. The number of hydrogen-bond donors (Lipinski definition) is 2. The van der Waals surface area contributed by atoms with Crippen molar-refractivity contribution in [3.8, 4) is 0 Å². The lowest BCUT2D eigenvalue weighted by atomic mass is 10.3. The zero-order valence-electron chi connectivity index (χ0n) is 9.01. The average Bonchev–Trinajstić information content (AvgIpc) is 2.65. The lowest BCUT2D eigenvalue weighted by Crippen LogP contribution is -2.33. The molecule has 0 unspecified atom stereocenters. The van der Waals surface area contributed by atoms with Crippen LogP contribution >= 0.6 is 0 Å². The molecule has 0 aliphatic carbocycles. The van der Waals surface area contributed by atoms with Crippen LogP contribution in [-0.2, 0) is 4.74 Å². The highest BCUT2D eigenvalue weighted by Crippen LogP contribution is 2.26. The number of aryl methyl sites for hydroxylation is 1. The van der Waals surface area contributed by atoms with E-state index < -0.39 is 36.0 Å². The zero-order valence-corrected chi connectivity index (χ0v) is 9.01. The van der Waals surface area contributed by atoms with Crippen molar-refractivity contribution in [1.82, 2.24) is 9.55 Å². The van der Waals surface area contributed by atoms with Gasteiger partial charge in [0.1, 0.15) is 11.9 Å². The number of aromatic amines is 1. The highest BCUT2D eigenvalue weighted by atomic mass is 19.1. The Morgan fingerprint density at radius 1 is 1.59 bits per heavy atom. The molecule has 0 spiro atoms. The van der Waals surface area contributed by atoms with E-state index in [0.717, 1.165) is 10.6 Å². The maximum atomic E-state index is 13.2. The van der Waals surface area contributed by atoms with E-state index in [-0.39, 0.29) is 0 Å². The monoisotopic (exact) mass is 242 g/mol. The number of nitrogens with zero attached hydrogens (tertiary/aromatic N) is 1. The van der Waals surface area contributed by atoms with E-state index in [1.807, 2.05) is 0 Å². The van der Waals surface area contributed by atoms with Crippen LogP contribution in [0.1, 0.15) is 11.8 Å². The molecule has 0 fully saturated rings. The number of ether oxygens (including phenoxy) is 1. The van der Waals surface area contributed by atoms with Crippen LogP contribution in [0.5, 0.6) is 0 Å². The number of hydrogen-bond acceptors (Lipinski definition) is 4. The topological polar surface area (TPSA) is 84.3 Å². The third kappa shape index (κ3) is 2.06. The first kappa shape index (κ1) is 11.7. The quantitative estimate of drug-likeness (QED) is 0.738. The van der Waals surface area contributed by atoms with Crippen LogP contribution in [0.3, 0.4) is 0 Å². The number of H-pyrrole nitrogens is 1. The fraction of sp³-hybridized carbons (Fsp3) is 0.400. The Morgan fingerprint density at radius 3 is 2.88 bits per heavy atom. The van der Waals surface area contributed by atoms with Gasteiger partial charge in [0.05, 0.1) is 6.61 Å². The van der Waals surface area contributed by atoms with E-state index in [4.69, 9.17) is 9.84 Å². The van der Waals surface area contributed by atoms with Crippen LogP contribution in [-0.4, -0.2) is 27.4 Å². The molecule has 1 aromatic rings. The molecule has 0 radical (unpaired) electrons. The third-order valence-electron chi connectivity index (χ3n) is 2.50. The second kappa shape index (κ2) is 4.27. The summed E-state index contributed by atoms with van der Waals surface area (Å²) in [5.41, 5.74) is -0.866. The third-order valence-corrected chi connectivity index (χ3v) is 2.50. The first-order chi connectivity index (χ1) is 8.02. The molecule has 2 N–H and O–H groups in total. The summed E-state index contributed by atoms with van der Waals surface area (Å²) in [5, 5.41) is 8.82. The molecule has 0 aromatic carbocycles. The Kier molecular flexibility index (Phi) is 2.95. The molecule has 0 saturated carbocycles. The molecule has 6 nitrogen and oxygen atoms in total. The van der Waals surface area contributed by atoms with Gasteiger partial charge in [0.25, 0.3) is 5.56 Å². The maximum absolute atomic E-state index is 13.2. The van der Waals surface area contributed by atoms with E-state index in [9.17, 15) is 14.0 Å². The van der Waals surface area contributed by atoms with E-state index in [1.165, 1.54) is 13.1 Å². The molecule has 92 valence electrons. The Hall–Kier alpha value is -1.73. The zero-order chi connectivity index (χ0) is 12.6. The molecule has 1 aliphatic rings. The van der Waals surface area contributed by atoms with Gasteiger partial charge in [-0.3, -0.25) is 14.3 Å². The van der Waals surface area contributed by atoms with Gasteiger partial charge in [0, 0.05) is 11.8 Å². The lowest BCUT2D eigenvalue weighted by Gasteiger charge is -2.14. The van der Waals surface area contributed by atoms with Crippen LogP contribution in [0, 0.1) is 6.92 Å². The molecule has 7 heteroatoms. The fourth-order valence-electron chi connectivity index (χ4n) is 1.57. The minimum Gasteiger partial charge on any atom is -0.393 e. The van der Waals surface area contributed by atoms with Gasteiger partial charge in [0.2, 0.25) is 0 Å². The molecule has 1 aliphatic heterocycles. The van der Waals surface area contributed by atoms with Crippen molar-refractivity contribution in [2.24, 2.45) is 0 Å². The Labute approximate surface area is 95.0 Å². The number of nitrogens with one attached hydrogen (secondary N) is 1. The minimum atomic E-state index is -1.06. The smallest absolute Gasteiger partial charge is 0.330 e. The number of aromatic nitrogens is 2. The van der Waals surface area contributed by atoms with Gasteiger partial charge >= 0.3 is 5.69 Å². The SMILES string of the molecule is Cc1cn([C@@H]2C=C(F)[C@H](CO)O2)c(=O)[nH]c1=O. The Bertz CT molecular complexity index is 574. The van der Waals surface area contributed by atoms with E-state index in [0.29, 0.717) is 5.56 Å². The highest BCUT2D eigenvalue weighted by molar-refractivity contribution is 5.10. The maximum Gasteiger partial charge on any atom is 0.330 e. The summed E-state index contributed by atoms with van der Waals surface area (Å²) in [4.78, 5) is 24.7. The van der Waals surface area contributed by atoms with Gasteiger partial charge in [0.15, 0.2) is 6.23 Å². The second-order valence-electron chi connectivity index (χ2n) is 3.73. The van der Waals surface area contributed by atoms with Crippen molar-refractivity contribution in [1.29, 1.82) is 0 Å². The molecule has 17 heavy (non-hydrogen) atoms. The Morgan fingerprint density at radius 2 is 2.29 bits per heavy atom. The Balaban J connectivity index is 2.41. The molecule has 0 amide bonds. The molecule has 2 heterocycles. The average molecular weight is 242 g/mol. The lowest BCUT2D eigenvalue weighted by molar-refractivity contribution is -0.0199. The summed E-state index contributed by atoms with van der Waals surface area (Å²) in [7, 11) is 0. The van der Waals surface area contributed by atoms with Gasteiger partial charge in [-0.2, -0.15) is 0 Å². The molecule has 2 rings (SSSR count).